The number of aryl methyl sites for hydroxylation is 10. The molecule has 0 fully saturated rings. The van der Waals surface area contributed by atoms with Crippen molar-refractivity contribution in [1.82, 2.24) is 4.57 Å². The van der Waals surface area contributed by atoms with Crippen LogP contribution in [0.3, 0.4) is 0 Å². The van der Waals surface area contributed by atoms with Crippen molar-refractivity contribution >= 4 is 0 Å². The number of hydrogen-bond donors (Lipinski definition) is 0. The van der Waals surface area contributed by atoms with Crippen LogP contribution in [-0.4, -0.2) is 4.57 Å². The van der Waals surface area contributed by atoms with E-state index in [9.17, 15) is 0 Å². The van der Waals surface area contributed by atoms with Gasteiger partial charge in [-0.1, -0.05) is 274 Å². The molecule has 1 aromatic heterocycles. The summed E-state index contributed by atoms with van der Waals surface area (Å²) in [5.41, 5.74) is 29.9. The normalized spacial score (nSPS) is 11.6. The summed E-state index contributed by atoms with van der Waals surface area (Å²) >= 11 is 0. The van der Waals surface area contributed by atoms with Crippen molar-refractivity contribution in [3.05, 3.63) is 360 Å². The number of hydrogen-bond acceptors (Lipinski definition) is 0. The average molecular weight is 1030 g/mol. The van der Waals surface area contributed by atoms with Gasteiger partial charge in [0.25, 0.3) is 6.33 Å². The van der Waals surface area contributed by atoms with Gasteiger partial charge in [0.15, 0.2) is 0 Å². The molecule has 0 unspecified atom stereocenters. The van der Waals surface area contributed by atoms with Crippen LogP contribution in [0.5, 0.6) is 0 Å². The standard InChI is InChI=1S/C77H73N2/c1-50-11-27-60(28-12-50)72(61-29-13-51(2)14-30-61)68-45-58(9)46-69(73(62-31-15-52(3)16-32-62)63-33-17-53(4)18-34-63)76(68)78-43-44-79(49-78)77-70(74(64-35-19-54(5)20-36-64)65-37-21-55(6)22-38-65)47-59(10)48-71(77)75(66-39-23-56(7)24-40-66)67-41-25-57(8)26-42-67/h11-49,72-75H,1-10H3/q+1. The molecule has 79 heavy (non-hydrogen) atoms. The monoisotopic (exact) mass is 1030 g/mol. The van der Waals surface area contributed by atoms with Crippen LogP contribution in [0.25, 0.3) is 11.4 Å². The molecule has 0 amide bonds. The van der Waals surface area contributed by atoms with Crippen molar-refractivity contribution in [2.24, 2.45) is 0 Å². The molecule has 0 saturated carbocycles. The minimum atomic E-state index is -0.0761. The lowest BCUT2D eigenvalue weighted by Crippen LogP contribution is -2.33. The Kier molecular flexibility index (Phi) is 14.9. The van der Waals surface area contributed by atoms with Gasteiger partial charge in [-0.05, 0) is 114 Å². The molecule has 0 atom stereocenters. The molecular weight excluding hydrogens is 953 g/mol. The first-order valence-corrected chi connectivity index (χ1v) is 28.2. The fraction of sp³-hybridized carbons (Fsp3) is 0.182. The fourth-order valence-electron chi connectivity index (χ4n) is 12.0. The Bertz CT molecular complexity index is 3200. The fourth-order valence-corrected chi connectivity index (χ4v) is 12.0. The first-order valence-electron chi connectivity index (χ1n) is 28.2. The van der Waals surface area contributed by atoms with E-state index in [2.05, 4.69) is 315 Å². The molecule has 0 aliphatic rings. The molecule has 2 heteroatoms. The zero-order chi connectivity index (χ0) is 54.9. The van der Waals surface area contributed by atoms with E-state index in [4.69, 9.17) is 0 Å². The van der Waals surface area contributed by atoms with Crippen LogP contribution in [0.15, 0.2) is 237 Å². The highest BCUT2D eigenvalue weighted by molar-refractivity contribution is 5.64. The molecule has 1 heterocycles. The molecule has 0 bridgehead atoms. The van der Waals surface area contributed by atoms with Crippen LogP contribution >= 0.6 is 0 Å². The van der Waals surface area contributed by atoms with Crippen molar-refractivity contribution in [2.75, 3.05) is 0 Å². The number of aromatic nitrogens is 2. The van der Waals surface area contributed by atoms with Crippen LogP contribution in [0, 0.1) is 69.2 Å². The molecule has 2 nitrogen and oxygen atoms in total. The molecule has 11 rings (SSSR count). The van der Waals surface area contributed by atoms with Gasteiger partial charge in [-0.15, -0.1) is 0 Å². The lowest BCUT2D eigenvalue weighted by molar-refractivity contribution is -0.595. The van der Waals surface area contributed by atoms with E-state index in [1.165, 1.54) is 134 Å². The molecule has 0 saturated heterocycles. The second-order valence-electron chi connectivity index (χ2n) is 22.8. The molecule has 0 aliphatic heterocycles. The summed E-state index contributed by atoms with van der Waals surface area (Å²) in [6, 6.07) is 83.7. The first kappa shape index (κ1) is 52.5. The van der Waals surface area contributed by atoms with Crippen molar-refractivity contribution in [3.8, 4) is 11.4 Å². The van der Waals surface area contributed by atoms with Crippen LogP contribution < -0.4 is 4.57 Å². The summed E-state index contributed by atoms with van der Waals surface area (Å²) in [7, 11) is 0. The number of benzene rings is 10. The van der Waals surface area contributed by atoms with Crippen molar-refractivity contribution in [3.63, 3.8) is 0 Å². The zero-order valence-corrected chi connectivity index (χ0v) is 47.7. The summed E-state index contributed by atoms with van der Waals surface area (Å²) in [5.74, 6) is -0.304. The van der Waals surface area contributed by atoms with E-state index in [0.29, 0.717) is 0 Å². The third-order valence-corrected chi connectivity index (χ3v) is 16.3. The van der Waals surface area contributed by atoms with Crippen LogP contribution in [-0.2, 0) is 0 Å². The van der Waals surface area contributed by atoms with Gasteiger partial charge in [0.1, 0.15) is 23.8 Å². The van der Waals surface area contributed by atoms with Gasteiger partial charge in [-0.2, -0.15) is 0 Å². The predicted molar refractivity (Wildman–Crippen MR) is 330 cm³/mol. The summed E-state index contributed by atoms with van der Waals surface area (Å²) < 4.78 is 4.92. The Hall–Kier alpha value is -8.59. The Labute approximate surface area is 470 Å². The summed E-state index contributed by atoms with van der Waals surface area (Å²) in [6.07, 6.45) is 7.04. The maximum absolute atomic E-state index is 2.47. The summed E-state index contributed by atoms with van der Waals surface area (Å²) in [5, 5.41) is 0. The lowest BCUT2D eigenvalue weighted by Gasteiger charge is -2.27. The average Bonchev–Trinajstić information content (AvgIpc) is 3.96. The van der Waals surface area contributed by atoms with Gasteiger partial charge < -0.3 is 0 Å². The van der Waals surface area contributed by atoms with Crippen molar-refractivity contribution in [2.45, 2.75) is 92.9 Å². The third-order valence-electron chi connectivity index (χ3n) is 16.3. The number of rotatable bonds is 14. The maximum Gasteiger partial charge on any atom is 0.254 e. The topological polar surface area (TPSA) is 8.81 Å². The van der Waals surface area contributed by atoms with Crippen molar-refractivity contribution in [1.29, 1.82) is 0 Å². The molecule has 0 aliphatic carbocycles. The van der Waals surface area contributed by atoms with Crippen molar-refractivity contribution < 1.29 is 4.57 Å². The molecule has 10 aromatic carbocycles. The minimum Gasteiger partial charge on any atom is -0.201 e. The van der Waals surface area contributed by atoms with Crippen LogP contribution in [0.4, 0.5) is 0 Å². The smallest absolute Gasteiger partial charge is 0.201 e. The van der Waals surface area contributed by atoms with Crippen LogP contribution in [0.2, 0.25) is 0 Å². The minimum absolute atomic E-state index is 0.0761. The molecule has 11 aromatic rings. The van der Waals surface area contributed by atoms with Gasteiger partial charge in [-0.25, -0.2) is 9.13 Å². The highest BCUT2D eigenvalue weighted by atomic mass is 15.1. The highest BCUT2D eigenvalue weighted by Gasteiger charge is 2.34. The zero-order valence-electron chi connectivity index (χ0n) is 47.7. The number of nitrogens with zero attached hydrogens (tertiary/aromatic N) is 2. The SMILES string of the molecule is Cc1ccc(C(c2ccc(C)cc2)c2cc(C)cc(C(c3ccc(C)cc3)c3ccc(C)cc3)c2-n2cc[n+](-c3c(C(c4ccc(C)cc4)c4ccc(C)cc4)cc(C)cc3C(c3ccc(C)cc3)c3ccc(C)cc3)c2)cc1. The molecule has 0 radical (unpaired) electrons. The van der Waals surface area contributed by atoms with Gasteiger partial charge >= 0.3 is 0 Å². The summed E-state index contributed by atoms with van der Waals surface area (Å²) in [6.45, 7) is 22.1. The molecule has 0 spiro atoms. The van der Waals surface area contributed by atoms with E-state index < -0.39 is 0 Å². The Morgan fingerprint density at radius 1 is 0.253 bits per heavy atom. The Morgan fingerprint density at radius 2 is 0.456 bits per heavy atom. The number of imidazole rings is 1. The van der Waals surface area contributed by atoms with Gasteiger partial charge in [0, 0.05) is 45.9 Å². The van der Waals surface area contributed by atoms with E-state index >= 15 is 0 Å². The summed E-state index contributed by atoms with van der Waals surface area (Å²) in [4.78, 5) is 0. The Balaban J connectivity index is 1.26. The molecule has 0 N–H and O–H groups in total. The van der Waals surface area contributed by atoms with Gasteiger partial charge in [-0.3, -0.25) is 0 Å². The quantitative estimate of drug-likeness (QED) is 0.0758. The van der Waals surface area contributed by atoms with Crippen LogP contribution in [0.1, 0.15) is 146 Å². The van der Waals surface area contributed by atoms with E-state index in [-0.39, 0.29) is 23.7 Å². The lowest BCUT2D eigenvalue weighted by atomic mass is 9.77. The van der Waals surface area contributed by atoms with E-state index in [0.717, 1.165) is 0 Å². The second kappa shape index (κ2) is 22.4. The first-order chi connectivity index (χ1) is 38.2. The van der Waals surface area contributed by atoms with Gasteiger partial charge in [0.2, 0.25) is 0 Å². The molecular formula is C77H73N2+. The van der Waals surface area contributed by atoms with E-state index in [1.54, 1.807) is 0 Å². The largest absolute Gasteiger partial charge is 0.254 e. The maximum atomic E-state index is 2.47. The molecule has 390 valence electrons. The third kappa shape index (κ3) is 11.1. The Morgan fingerprint density at radius 3 is 0.684 bits per heavy atom. The second-order valence-corrected chi connectivity index (χ2v) is 22.8. The highest BCUT2D eigenvalue weighted by Crippen LogP contribution is 2.45. The van der Waals surface area contributed by atoms with E-state index in [1.807, 2.05) is 0 Å². The van der Waals surface area contributed by atoms with Gasteiger partial charge in [0.05, 0.1) is 0 Å². The predicted octanol–water partition coefficient (Wildman–Crippen LogP) is 18.6.